The Morgan fingerprint density at radius 1 is 1.00 bits per heavy atom. The molecule has 0 heterocycles. The normalized spacial score (nSPS) is 9.69. The average Bonchev–Trinajstić information content (AvgIpc) is 2.43. The molecule has 170 valence electrons. The summed E-state index contributed by atoms with van der Waals surface area (Å²) in [5.41, 5.74) is 3.41. The molecule has 0 aromatic rings. The van der Waals surface area contributed by atoms with Crippen LogP contribution in [0.25, 0.3) is 0 Å². The molecule has 5 nitrogen and oxygen atoms in total. The molecular formula is C22H44O5SiTi. The molecule has 0 aromatic carbocycles. The van der Waals surface area contributed by atoms with Gasteiger partial charge in [0.25, 0.3) is 6.16 Å². The number of carbonyl (C=O) groups is 1. The van der Waals surface area contributed by atoms with Crippen LogP contribution in [0.3, 0.4) is 0 Å². The molecule has 7 heteroatoms. The van der Waals surface area contributed by atoms with Crippen LogP contribution in [0, 0.1) is 23.3 Å². The second-order valence-corrected chi connectivity index (χ2v) is 13.1. The maximum atomic E-state index is 9.53. The Labute approximate surface area is 196 Å². The molecule has 0 saturated heterocycles. The Balaban J connectivity index is -0.000000106. The van der Waals surface area contributed by atoms with Crippen molar-refractivity contribution in [2.75, 3.05) is 6.61 Å². The molecule has 0 spiro atoms. The molecule has 0 amide bonds. The summed E-state index contributed by atoms with van der Waals surface area (Å²) in [5, 5.41) is 28.3. The third-order valence-corrected chi connectivity index (χ3v) is 3.12. The van der Waals surface area contributed by atoms with Crippen molar-refractivity contribution in [1.82, 2.24) is 0 Å². The van der Waals surface area contributed by atoms with E-state index in [1.807, 2.05) is 0 Å². The predicted octanol–water partition coefficient (Wildman–Crippen LogP) is 3.16. The fourth-order valence-corrected chi connectivity index (χ4v) is 1.84. The molecule has 0 aliphatic heterocycles. The van der Waals surface area contributed by atoms with Crippen molar-refractivity contribution in [3.05, 3.63) is 5.92 Å². The van der Waals surface area contributed by atoms with Crippen LogP contribution < -0.4 is 15.3 Å². The van der Waals surface area contributed by atoms with Gasteiger partial charge in [0.15, 0.2) is 0 Å². The summed E-state index contributed by atoms with van der Waals surface area (Å²) in [5.74, 6) is 5.52. The van der Waals surface area contributed by atoms with Crippen LogP contribution in [0.4, 0.5) is 4.79 Å². The minimum Gasteiger partial charge on any atom is -0.852 e. The zero-order chi connectivity index (χ0) is 23.3. The summed E-state index contributed by atoms with van der Waals surface area (Å²) >= 11 is 0. The number of hydrogen-bond donors (Lipinski definition) is 0. The summed E-state index contributed by atoms with van der Waals surface area (Å²) in [4.78, 5) is 9.27. The van der Waals surface area contributed by atoms with Crippen LogP contribution >= 0.6 is 0 Å². The van der Waals surface area contributed by atoms with Gasteiger partial charge in [-0.15, -0.1) is 23.7 Å². The second-order valence-electron chi connectivity index (χ2n) is 8.35. The van der Waals surface area contributed by atoms with Crippen molar-refractivity contribution in [2.45, 2.75) is 107 Å². The van der Waals surface area contributed by atoms with E-state index in [2.05, 4.69) is 56.6 Å². The van der Waals surface area contributed by atoms with Gasteiger partial charge in [-0.25, -0.2) is 0 Å². The van der Waals surface area contributed by atoms with Gasteiger partial charge in [-0.05, 0) is 26.2 Å². The fraction of sp³-hybridized carbons (Fsp3) is 0.818. The smallest absolute Gasteiger partial charge is 0.852 e. The quantitative estimate of drug-likeness (QED) is 0.354. The van der Waals surface area contributed by atoms with E-state index >= 15 is 0 Å². The molecule has 0 aliphatic carbocycles. The molecule has 0 rings (SSSR count). The fourth-order valence-electron chi connectivity index (χ4n) is 1.25. The first-order valence-corrected chi connectivity index (χ1v) is 13.6. The first-order valence-electron chi connectivity index (χ1n) is 10.1. The van der Waals surface area contributed by atoms with Gasteiger partial charge in [0.1, 0.15) is 8.07 Å². The maximum absolute atomic E-state index is 9.53. The topological polar surface area (TPSA) is 95.5 Å². The van der Waals surface area contributed by atoms with E-state index in [1.165, 1.54) is 25.2 Å². The SMILES string of the molecule is CC(C)[O-].CC(C)[O-].CCOC(=O)[O-].C[C](C#C[Si](C)(C)C)CCCC(C)C.[Ti+3]. The zero-order valence-electron chi connectivity index (χ0n) is 20.6. The van der Waals surface area contributed by atoms with Crippen LogP contribution in [-0.2, 0) is 26.5 Å². The van der Waals surface area contributed by atoms with Crippen molar-refractivity contribution in [3.63, 3.8) is 0 Å². The number of hydrogen-bond acceptors (Lipinski definition) is 5. The molecule has 0 N–H and O–H groups in total. The Morgan fingerprint density at radius 2 is 1.38 bits per heavy atom. The number of rotatable bonds is 5. The third-order valence-electron chi connectivity index (χ3n) is 2.25. The molecule has 0 fully saturated rings. The minimum atomic E-state index is -1.46. The Morgan fingerprint density at radius 3 is 1.59 bits per heavy atom. The molecule has 0 aliphatic rings. The summed E-state index contributed by atoms with van der Waals surface area (Å²) in [6.45, 7) is 21.8. The van der Waals surface area contributed by atoms with E-state index in [4.69, 9.17) is 0 Å². The van der Waals surface area contributed by atoms with Crippen LogP contribution in [0.5, 0.6) is 0 Å². The zero-order valence-corrected chi connectivity index (χ0v) is 23.2. The molecule has 0 bridgehead atoms. The molecule has 2 radical (unpaired) electrons. The Bertz CT molecular complexity index is 385. The molecule has 29 heavy (non-hydrogen) atoms. The van der Waals surface area contributed by atoms with Gasteiger partial charge in [0, 0.05) is 12.5 Å². The number of carbonyl (C=O) groups excluding carboxylic acids is 1. The van der Waals surface area contributed by atoms with Crippen LogP contribution in [0.1, 0.15) is 74.7 Å². The van der Waals surface area contributed by atoms with Crippen molar-refractivity contribution >= 4 is 14.2 Å². The first-order chi connectivity index (χ1) is 12.5. The van der Waals surface area contributed by atoms with Gasteiger partial charge in [-0.1, -0.05) is 74.0 Å². The van der Waals surface area contributed by atoms with Gasteiger partial charge in [0.2, 0.25) is 0 Å². The van der Waals surface area contributed by atoms with Crippen molar-refractivity contribution in [3.8, 4) is 11.5 Å². The summed E-state index contributed by atoms with van der Waals surface area (Å²) in [6.07, 6.45) is 1.52. The summed E-state index contributed by atoms with van der Waals surface area (Å²) < 4.78 is 3.85. The van der Waals surface area contributed by atoms with Crippen molar-refractivity contribution in [1.29, 1.82) is 0 Å². The summed E-state index contributed by atoms with van der Waals surface area (Å²) in [7, 11) is -1.16. The van der Waals surface area contributed by atoms with Crippen LogP contribution in [0.15, 0.2) is 0 Å². The molecule has 0 unspecified atom stereocenters. The second kappa shape index (κ2) is 25.7. The van der Waals surface area contributed by atoms with Crippen molar-refractivity contribution in [2.24, 2.45) is 5.92 Å². The van der Waals surface area contributed by atoms with Gasteiger partial charge >= 0.3 is 21.7 Å². The predicted molar refractivity (Wildman–Crippen MR) is 116 cm³/mol. The van der Waals surface area contributed by atoms with E-state index in [9.17, 15) is 20.1 Å². The monoisotopic (exact) mass is 464 g/mol. The summed E-state index contributed by atoms with van der Waals surface area (Å²) in [6, 6.07) is 0. The Kier molecular flexibility index (Phi) is 34.8. The van der Waals surface area contributed by atoms with E-state index < -0.39 is 26.4 Å². The Hall–Kier alpha value is -0.319. The van der Waals surface area contributed by atoms with E-state index in [0.717, 1.165) is 5.92 Å². The molecule has 0 atom stereocenters. The van der Waals surface area contributed by atoms with Gasteiger partial charge < -0.3 is 24.9 Å². The van der Waals surface area contributed by atoms with E-state index in [0.29, 0.717) is 0 Å². The molecule has 0 aromatic heterocycles. The third kappa shape index (κ3) is 84.7. The van der Waals surface area contributed by atoms with E-state index in [-0.39, 0.29) is 28.3 Å². The first kappa shape index (κ1) is 39.2. The van der Waals surface area contributed by atoms with Crippen LogP contribution in [-0.4, -0.2) is 33.0 Å². The van der Waals surface area contributed by atoms with Crippen molar-refractivity contribution < 1.29 is 46.6 Å². The number of ether oxygens (including phenoxy) is 1. The standard InChI is InChI=1S/C13H25Si.C3H6O3.2C3H7O.Ti/c1-12(2)8-7-9-13(3)10-11-14(4,5)6;1-2-6-3(4)5;2*1-3(2)4;/h12H,7-9H2,1-6H3;2H2,1H3,(H,4,5);2*3H,1-2H3;/q;;2*-1;+3/p-1. The number of carboxylic acid groups (broad SMARTS) is 1. The van der Waals surface area contributed by atoms with E-state index in [1.54, 1.807) is 34.6 Å². The minimum absolute atomic E-state index is 0. The van der Waals surface area contributed by atoms with Gasteiger partial charge in [-0.2, -0.15) is 0 Å². The van der Waals surface area contributed by atoms with Crippen LogP contribution in [0.2, 0.25) is 19.6 Å². The largest absolute Gasteiger partial charge is 3.00 e. The maximum Gasteiger partial charge on any atom is 3.00 e. The average molecular weight is 465 g/mol. The molecule has 0 saturated carbocycles. The molecular weight excluding hydrogens is 420 g/mol. The van der Waals surface area contributed by atoms with Gasteiger partial charge in [-0.3, -0.25) is 0 Å². The van der Waals surface area contributed by atoms with Gasteiger partial charge in [0.05, 0.1) is 0 Å².